The van der Waals surface area contributed by atoms with Crippen molar-refractivity contribution >= 4 is 34.9 Å². The normalized spacial score (nSPS) is 10.6. The maximum Gasteiger partial charge on any atom is 0.341 e. The Kier molecular flexibility index (Phi) is 8.83. The molecular weight excluding hydrogens is 440 g/mol. The summed E-state index contributed by atoms with van der Waals surface area (Å²) in [6, 6.07) is 22.7. The van der Waals surface area contributed by atoms with Gasteiger partial charge in [-0.2, -0.15) is 0 Å². The first-order valence-electron chi connectivity index (χ1n) is 10.7. The van der Waals surface area contributed by atoms with Gasteiger partial charge in [-0.25, -0.2) is 4.79 Å². The molecule has 3 aromatic rings. The molecule has 0 bridgehead atoms. The van der Waals surface area contributed by atoms with Crippen LogP contribution in [0.3, 0.4) is 0 Å². The Balaban J connectivity index is 1.80. The van der Waals surface area contributed by atoms with E-state index in [1.54, 1.807) is 23.9 Å². The van der Waals surface area contributed by atoms with Crippen LogP contribution in [0, 0.1) is 0 Å². The molecule has 0 atom stereocenters. The van der Waals surface area contributed by atoms with E-state index < -0.39 is 5.97 Å². The van der Waals surface area contributed by atoms with Crippen LogP contribution in [0.5, 0.6) is 5.75 Å². The number of benzene rings is 3. The van der Waals surface area contributed by atoms with Crippen LogP contribution in [0.25, 0.3) is 5.57 Å². The van der Waals surface area contributed by atoms with Gasteiger partial charge in [0.2, 0.25) is 0 Å². The first kappa shape index (κ1) is 24.0. The fourth-order valence-corrected chi connectivity index (χ4v) is 4.42. The molecule has 0 amide bonds. The summed E-state index contributed by atoms with van der Waals surface area (Å²) in [5.41, 5.74) is 6.22. The summed E-state index contributed by atoms with van der Waals surface area (Å²) in [4.78, 5) is 11.6. The topological polar surface area (TPSA) is 46.5 Å². The third-order valence-corrected chi connectivity index (χ3v) is 6.56. The highest BCUT2D eigenvalue weighted by molar-refractivity contribution is 7.99. The van der Waals surface area contributed by atoms with E-state index in [4.69, 9.17) is 21.4 Å². The monoisotopic (exact) mass is 466 g/mol. The number of hydrogen-bond donors (Lipinski definition) is 1. The summed E-state index contributed by atoms with van der Waals surface area (Å²) in [5.74, 6) is 0.177. The molecule has 166 valence electrons. The van der Waals surface area contributed by atoms with E-state index in [1.807, 2.05) is 6.07 Å². The van der Waals surface area contributed by atoms with Crippen LogP contribution in [0.2, 0.25) is 5.02 Å². The van der Waals surface area contributed by atoms with Crippen LogP contribution < -0.4 is 4.74 Å². The summed E-state index contributed by atoms with van der Waals surface area (Å²) in [7, 11) is 0. The third-order valence-electron chi connectivity index (χ3n) is 5.14. The molecule has 0 aromatic heterocycles. The Bertz CT molecular complexity index is 1020. The quantitative estimate of drug-likeness (QED) is 0.322. The van der Waals surface area contributed by atoms with Crippen molar-refractivity contribution in [3.8, 4) is 5.75 Å². The zero-order valence-electron chi connectivity index (χ0n) is 18.3. The lowest BCUT2D eigenvalue weighted by Crippen LogP contribution is -2.09. The molecule has 0 heterocycles. The molecule has 0 fully saturated rings. The zero-order valence-corrected chi connectivity index (χ0v) is 19.9. The molecule has 0 unspecified atom stereocenters. The van der Waals surface area contributed by atoms with Gasteiger partial charge in [0.25, 0.3) is 0 Å². The molecular formula is C27H27ClO3S. The molecule has 5 heteroatoms. The number of carboxylic acids is 1. The lowest BCUT2D eigenvalue weighted by atomic mass is 9.95. The standard InChI is InChI=1S/C27H27ClO3S/c1-3-19-5-9-21(10-6-19)24(22-11-7-20(4-2)8-12-22)15-16-32-26-14-13-23(17-25(26)28)31-18-27(29)30/h5-15,17H,3-4,16,18H2,1-2H3,(H,29,30). The van der Waals surface area contributed by atoms with Crippen molar-refractivity contribution in [3.05, 3.63) is 100 Å². The predicted octanol–water partition coefficient (Wildman–Crippen LogP) is 7.15. The third kappa shape index (κ3) is 6.65. The Morgan fingerprint density at radius 1 is 0.938 bits per heavy atom. The fraction of sp³-hybridized carbons (Fsp3) is 0.222. The zero-order chi connectivity index (χ0) is 22.9. The van der Waals surface area contributed by atoms with E-state index in [0.717, 1.165) is 23.5 Å². The van der Waals surface area contributed by atoms with Gasteiger partial charge in [-0.3, -0.25) is 0 Å². The van der Waals surface area contributed by atoms with Crippen molar-refractivity contribution in [1.82, 2.24) is 0 Å². The number of aliphatic carboxylic acids is 1. The summed E-state index contributed by atoms with van der Waals surface area (Å²) in [6.45, 7) is 3.93. The minimum Gasteiger partial charge on any atom is -0.482 e. The smallest absolute Gasteiger partial charge is 0.341 e. The summed E-state index contributed by atoms with van der Waals surface area (Å²) in [5, 5.41) is 9.29. The highest BCUT2D eigenvalue weighted by Gasteiger charge is 2.08. The highest BCUT2D eigenvalue weighted by Crippen LogP contribution is 2.32. The first-order chi connectivity index (χ1) is 15.5. The molecule has 3 nitrogen and oxygen atoms in total. The molecule has 0 saturated heterocycles. The van der Waals surface area contributed by atoms with Crippen molar-refractivity contribution in [3.63, 3.8) is 0 Å². The molecule has 3 aromatic carbocycles. The van der Waals surface area contributed by atoms with Crippen molar-refractivity contribution in [2.45, 2.75) is 31.6 Å². The minimum absolute atomic E-state index is 0.386. The predicted molar refractivity (Wildman–Crippen MR) is 134 cm³/mol. The van der Waals surface area contributed by atoms with Crippen molar-refractivity contribution in [2.75, 3.05) is 12.4 Å². The molecule has 32 heavy (non-hydrogen) atoms. The van der Waals surface area contributed by atoms with Crippen LogP contribution in [0.15, 0.2) is 77.7 Å². The van der Waals surface area contributed by atoms with Gasteiger partial charge >= 0.3 is 5.97 Å². The van der Waals surface area contributed by atoms with Gasteiger partial charge in [0.15, 0.2) is 6.61 Å². The lowest BCUT2D eigenvalue weighted by Gasteiger charge is -2.11. The number of carboxylic acid groups (broad SMARTS) is 1. The number of ether oxygens (including phenoxy) is 1. The number of hydrogen-bond acceptors (Lipinski definition) is 3. The van der Waals surface area contributed by atoms with Gasteiger partial charge < -0.3 is 9.84 Å². The molecule has 0 spiro atoms. The molecule has 0 aliphatic heterocycles. The number of aryl methyl sites for hydroxylation is 2. The minimum atomic E-state index is -1.02. The van der Waals surface area contributed by atoms with Crippen LogP contribution in [-0.4, -0.2) is 23.4 Å². The summed E-state index contributed by atoms with van der Waals surface area (Å²) < 4.78 is 5.19. The molecule has 0 aliphatic rings. The van der Waals surface area contributed by atoms with Gasteiger partial charge in [0, 0.05) is 10.6 Å². The number of carbonyl (C=O) groups is 1. The number of halogens is 1. The van der Waals surface area contributed by atoms with Crippen LogP contribution in [-0.2, 0) is 17.6 Å². The molecule has 1 N–H and O–H groups in total. The number of rotatable bonds is 10. The van der Waals surface area contributed by atoms with Gasteiger partial charge in [-0.05, 0) is 58.9 Å². The van der Waals surface area contributed by atoms with E-state index >= 15 is 0 Å². The SMILES string of the molecule is CCc1ccc(C(=CCSc2ccc(OCC(=O)O)cc2Cl)c2ccc(CC)cc2)cc1. The molecule has 3 rings (SSSR count). The van der Waals surface area contributed by atoms with Gasteiger partial charge in [0.1, 0.15) is 5.75 Å². The maximum atomic E-state index is 10.7. The summed E-state index contributed by atoms with van der Waals surface area (Å²) >= 11 is 8.02. The lowest BCUT2D eigenvalue weighted by molar-refractivity contribution is -0.139. The van der Waals surface area contributed by atoms with Crippen LogP contribution in [0.1, 0.15) is 36.1 Å². The molecule has 0 aliphatic carbocycles. The highest BCUT2D eigenvalue weighted by atomic mass is 35.5. The molecule has 0 radical (unpaired) electrons. The van der Waals surface area contributed by atoms with E-state index in [0.29, 0.717) is 10.8 Å². The van der Waals surface area contributed by atoms with Gasteiger partial charge in [-0.15, -0.1) is 11.8 Å². The maximum absolute atomic E-state index is 10.7. The van der Waals surface area contributed by atoms with E-state index in [9.17, 15) is 4.79 Å². The summed E-state index contributed by atoms with van der Waals surface area (Å²) in [6.07, 6.45) is 4.27. The number of thioether (sulfide) groups is 1. The van der Waals surface area contributed by atoms with Crippen molar-refractivity contribution in [1.29, 1.82) is 0 Å². The average Bonchev–Trinajstić information content (AvgIpc) is 2.82. The van der Waals surface area contributed by atoms with Crippen LogP contribution in [0.4, 0.5) is 0 Å². The van der Waals surface area contributed by atoms with Gasteiger partial charge in [-0.1, -0.05) is 80.1 Å². The second-order valence-electron chi connectivity index (χ2n) is 7.30. The molecule has 0 saturated carbocycles. The Labute approximate surface area is 199 Å². The van der Waals surface area contributed by atoms with Gasteiger partial charge in [0.05, 0.1) is 5.02 Å². The van der Waals surface area contributed by atoms with E-state index in [-0.39, 0.29) is 6.61 Å². The van der Waals surface area contributed by atoms with E-state index in [2.05, 4.69) is 68.5 Å². The Hall–Kier alpha value is -2.69. The largest absolute Gasteiger partial charge is 0.482 e. The van der Waals surface area contributed by atoms with Crippen molar-refractivity contribution < 1.29 is 14.6 Å². The van der Waals surface area contributed by atoms with Crippen LogP contribution >= 0.6 is 23.4 Å². The van der Waals surface area contributed by atoms with Crippen molar-refractivity contribution in [2.24, 2.45) is 0 Å². The fourth-order valence-electron chi connectivity index (χ4n) is 3.29. The second kappa shape index (κ2) is 11.8. The Morgan fingerprint density at radius 3 is 1.97 bits per heavy atom. The average molecular weight is 467 g/mol. The van der Waals surface area contributed by atoms with E-state index in [1.165, 1.54) is 27.8 Å². The Morgan fingerprint density at radius 2 is 1.50 bits per heavy atom. The first-order valence-corrected chi connectivity index (χ1v) is 12.0. The second-order valence-corrected chi connectivity index (χ2v) is 8.77.